The van der Waals surface area contributed by atoms with Crippen LogP contribution >= 0.6 is 0 Å². The minimum Gasteiger partial charge on any atom is -0.394 e. The van der Waals surface area contributed by atoms with Crippen molar-refractivity contribution in [3.05, 3.63) is 25.3 Å². The second kappa shape index (κ2) is 7.54. The third-order valence-corrected chi connectivity index (χ3v) is 3.73. The summed E-state index contributed by atoms with van der Waals surface area (Å²) in [5.74, 6) is 0.0980. The van der Waals surface area contributed by atoms with E-state index in [9.17, 15) is 4.79 Å². The monoisotopic (exact) mass is 242 g/mol. The minimum atomic E-state index is -2.16. The summed E-state index contributed by atoms with van der Waals surface area (Å²) < 4.78 is 11.5. The van der Waals surface area contributed by atoms with Gasteiger partial charge in [0.25, 0.3) is 0 Å². The van der Waals surface area contributed by atoms with E-state index >= 15 is 0 Å². The van der Waals surface area contributed by atoms with Gasteiger partial charge in [-0.25, -0.2) is 0 Å². The molecule has 16 heavy (non-hydrogen) atoms. The van der Waals surface area contributed by atoms with Gasteiger partial charge in [0.15, 0.2) is 0 Å². The molecular weight excluding hydrogens is 220 g/mol. The van der Waals surface area contributed by atoms with Crippen LogP contribution in [0.5, 0.6) is 0 Å². The van der Waals surface area contributed by atoms with Gasteiger partial charge in [-0.1, -0.05) is 12.2 Å². The van der Waals surface area contributed by atoms with Gasteiger partial charge in [-0.2, -0.15) is 0 Å². The highest BCUT2D eigenvalue weighted by Gasteiger charge is 2.27. The summed E-state index contributed by atoms with van der Waals surface area (Å²) in [5, 5.41) is 0. The van der Waals surface area contributed by atoms with E-state index in [-0.39, 0.29) is 11.9 Å². The van der Waals surface area contributed by atoms with Gasteiger partial charge in [0, 0.05) is 13.0 Å². The van der Waals surface area contributed by atoms with E-state index in [1.807, 2.05) is 19.2 Å². The SMILES string of the molecule is C=CCCO[Si](C)(C)OC(C=C)CC(C)=O. The molecule has 92 valence electrons. The first kappa shape index (κ1) is 15.3. The Morgan fingerprint density at radius 3 is 2.50 bits per heavy atom. The van der Waals surface area contributed by atoms with Crippen LogP contribution in [-0.4, -0.2) is 27.1 Å². The summed E-state index contributed by atoms with van der Waals surface area (Å²) in [7, 11) is -2.16. The molecule has 0 radical (unpaired) electrons. The minimum absolute atomic E-state index is 0.0980. The highest BCUT2D eigenvalue weighted by atomic mass is 28.4. The molecule has 0 aromatic carbocycles. The Bertz CT molecular complexity index is 249. The van der Waals surface area contributed by atoms with Gasteiger partial charge < -0.3 is 8.85 Å². The topological polar surface area (TPSA) is 35.5 Å². The fourth-order valence-electron chi connectivity index (χ4n) is 1.24. The first-order chi connectivity index (χ1) is 7.41. The Morgan fingerprint density at radius 1 is 1.44 bits per heavy atom. The number of hydrogen-bond acceptors (Lipinski definition) is 3. The van der Waals surface area contributed by atoms with Crippen molar-refractivity contribution >= 4 is 14.3 Å². The normalized spacial score (nSPS) is 13.2. The van der Waals surface area contributed by atoms with Crippen molar-refractivity contribution in [3.8, 4) is 0 Å². The summed E-state index contributed by atoms with van der Waals surface area (Å²) in [5.41, 5.74) is 0. The number of Topliss-reactive ketones (excluding diaryl/α,β-unsaturated/α-hetero) is 1. The maximum absolute atomic E-state index is 11.0. The van der Waals surface area contributed by atoms with Gasteiger partial charge in [-0.3, -0.25) is 4.79 Å². The van der Waals surface area contributed by atoms with Crippen molar-refractivity contribution in [1.82, 2.24) is 0 Å². The number of rotatable bonds is 9. The highest BCUT2D eigenvalue weighted by Crippen LogP contribution is 2.13. The smallest absolute Gasteiger partial charge is 0.332 e. The summed E-state index contributed by atoms with van der Waals surface area (Å²) in [6.45, 7) is 13.4. The lowest BCUT2D eigenvalue weighted by molar-refractivity contribution is -0.118. The highest BCUT2D eigenvalue weighted by molar-refractivity contribution is 6.64. The molecule has 4 heteroatoms. The largest absolute Gasteiger partial charge is 0.394 e. The molecule has 1 atom stereocenters. The molecule has 0 aliphatic rings. The predicted molar refractivity (Wildman–Crippen MR) is 68.6 cm³/mol. The predicted octanol–water partition coefficient (Wildman–Crippen LogP) is 2.83. The van der Waals surface area contributed by atoms with Crippen molar-refractivity contribution < 1.29 is 13.6 Å². The Hall–Kier alpha value is -0.713. The van der Waals surface area contributed by atoms with Crippen LogP contribution in [0.2, 0.25) is 13.1 Å². The van der Waals surface area contributed by atoms with Gasteiger partial charge in [0.1, 0.15) is 5.78 Å². The zero-order valence-electron chi connectivity index (χ0n) is 10.5. The van der Waals surface area contributed by atoms with Gasteiger partial charge in [0.05, 0.1) is 6.10 Å². The molecule has 0 saturated carbocycles. The lowest BCUT2D eigenvalue weighted by Gasteiger charge is -2.26. The average molecular weight is 242 g/mol. The Labute approximate surface area is 99.4 Å². The van der Waals surface area contributed by atoms with Gasteiger partial charge in [0.2, 0.25) is 0 Å². The van der Waals surface area contributed by atoms with Crippen LogP contribution < -0.4 is 0 Å². The summed E-state index contributed by atoms with van der Waals surface area (Å²) in [4.78, 5) is 11.0. The zero-order chi connectivity index (χ0) is 12.6. The Morgan fingerprint density at radius 2 is 2.06 bits per heavy atom. The lowest BCUT2D eigenvalue weighted by atomic mass is 10.2. The molecule has 0 aromatic rings. The molecular formula is C12H22O3Si. The van der Waals surface area contributed by atoms with Crippen molar-refractivity contribution in [2.24, 2.45) is 0 Å². The first-order valence-corrected chi connectivity index (χ1v) is 8.27. The number of carbonyl (C=O) groups is 1. The number of hydrogen-bond donors (Lipinski definition) is 0. The number of ketones is 1. The van der Waals surface area contributed by atoms with Crippen LogP contribution in [0.4, 0.5) is 0 Å². The summed E-state index contributed by atoms with van der Waals surface area (Å²) in [6, 6.07) is 0. The van der Waals surface area contributed by atoms with Crippen LogP contribution in [0.3, 0.4) is 0 Å². The molecule has 0 aliphatic carbocycles. The molecule has 0 saturated heterocycles. The third kappa shape index (κ3) is 7.56. The molecule has 0 bridgehead atoms. The molecule has 0 fully saturated rings. The third-order valence-electron chi connectivity index (χ3n) is 1.96. The molecule has 0 aromatic heterocycles. The second-order valence-corrected chi connectivity index (χ2v) is 7.45. The average Bonchev–Trinajstić information content (AvgIpc) is 2.15. The quantitative estimate of drug-likeness (QED) is 0.354. The molecule has 3 nitrogen and oxygen atoms in total. The van der Waals surface area contributed by atoms with Crippen molar-refractivity contribution in [2.75, 3.05) is 6.61 Å². The van der Waals surface area contributed by atoms with E-state index in [0.717, 1.165) is 6.42 Å². The standard InChI is InChI=1S/C12H22O3Si/c1-6-8-9-14-16(4,5)15-12(7-2)10-11(3)13/h6-7,12H,1-2,8-10H2,3-5H3. The van der Waals surface area contributed by atoms with Crippen LogP contribution in [0, 0.1) is 0 Å². The van der Waals surface area contributed by atoms with E-state index in [2.05, 4.69) is 13.2 Å². The molecule has 1 unspecified atom stereocenters. The molecule has 0 heterocycles. The van der Waals surface area contributed by atoms with E-state index in [1.54, 1.807) is 13.0 Å². The molecule has 0 spiro atoms. The van der Waals surface area contributed by atoms with Crippen LogP contribution in [0.1, 0.15) is 19.8 Å². The van der Waals surface area contributed by atoms with Crippen LogP contribution in [-0.2, 0) is 13.6 Å². The van der Waals surface area contributed by atoms with Gasteiger partial charge in [-0.05, 0) is 26.4 Å². The Balaban J connectivity index is 4.13. The van der Waals surface area contributed by atoms with Gasteiger partial charge in [-0.15, -0.1) is 13.2 Å². The first-order valence-electron chi connectivity index (χ1n) is 5.46. The number of carbonyl (C=O) groups excluding carboxylic acids is 1. The van der Waals surface area contributed by atoms with E-state index in [4.69, 9.17) is 8.85 Å². The lowest BCUT2D eigenvalue weighted by Crippen LogP contribution is -2.39. The van der Waals surface area contributed by atoms with Crippen molar-refractivity contribution in [1.29, 1.82) is 0 Å². The van der Waals surface area contributed by atoms with Crippen molar-refractivity contribution in [2.45, 2.75) is 39.0 Å². The fraction of sp³-hybridized carbons (Fsp3) is 0.583. The van der Waals surface area contributed by atoms with E-state index in [0.29, 0.717) is 13.0 Å². The van der Waals surface area contributed by atoms with E-state index < -0.39 is 8.56 Å². The molecule has 0 amide bonds. The van der Waals surface area contributed by atoms with Crippen LogP contribution in [0.25, 0.3) is 0 Å². The molecule has 0 N–H and O–H groups in total. The maximum Gasteiger partial charge on any atom is 0.332 e. The van der Waals surface area contributed by atoms with Crippen molar-refractivity contribution in [3.63, 3.8) is 0 Å². The second-order valence-electron chi connectivity index (χ2n) is 4.12. The Kier molecular flexibility index (Phi) is 7.21. The maximum atomic E-state index is 11.0. The van der Waals surface area contributed by atoms with Gasteiger partial charge >= 0.3 is 8.56 Å². The molecule has 0 rings (SSSR count). The zero-order valence-corrected chi connectivity index (χ0v) is 11.5. The summed E-state index contributed by atoms with van der Waals surface area (Å²) >= 11 is 0. The van der Waals surface area contributed by atoms with E-state index in [1.165, 1.54) is 0 Å². The van der Waals surface area contributed by atoms with Crippen LogP contribution in [0.15, 0.2) is 25.3 Å². The summed E-state index contributed by atoms with van der Waals surface area (Å²) in [6.07, 6.45) is 4.41. The molecule has 0 aliphatic heterocycles. The fourth-order valence-corrected chi connectivity index (χ4v) is 2.83.